The maximum Gasteiger partial charge on any atom is 0.269 e. The highest BCUT2D eigenvalue weighted by Crippen LogP contribution is 2.12. The smallest absolute Gasteiger partial charge is 0.269 e. The second kappa shape index (κ2) is 9.12. The first-order valence-corrected chi connectivity index (χ1v) is 5.56. The second-order valence-electron chi connectivity index (χ2n) is 2.84. The maximum absolute atomic E-state index is 10.2. The number of rotatable bonds is 4. The summed E-state index contributed by atoms with van der Waals surface area (Å²) < 4.78 is 4.83. The van der Waals surface area contributed by atoms with Crippen LogP contribution in [0.5, 0.6) is 0 Å². The molecule has 1 rings (SSSR count). The quantitative estimate of drug-likeness (QED) is 0.464. The Morgan fingerprint density at radius 1 is 1.25 bits per heavy atom. The number of nitro groups is 1. The van der Waals surface area contributed by atoms with Gasteiger partial charge in [0.15, 0.2) is 0 Å². The summed E-state index contributed by atoms with van der Waals surface area (Å²) in [4.78, 5) is 9.74. The zero-order valence-electron chi connectivity index (χ0n) is 9.48. The SMILES string of the molecule is CCOCC.O=[N+]([O-])c1ccc(CCl)cc1. The predicted octanol–water partition coefficient (Wildman–Crippen LogP) is 3.38. The van der Waals surface area contributed by atoms with Gasteiger partial charge in [-0.3, -0.25) is 10.1 Å². The second-order valence-corrected chi connectivity index (χ2v) is 3.11. The Morgan fingerprint density at radius 2 is 1.75 bits per heavy atom. The van der Waals surface area contributed by atoms with Crippen LogP contribution in [0.25, 0.3) is 0 Å². The van der Waals surface area contributed by atoms with E-state index < -0.39 is 4.92 Å². The average Bonchev–Trinajstić information content (AvgIpc) is 2.31. The number of benzene rings is 1. The third-order valence-corrected chi connectivity index (χ3v) is 2.02. The van der Waals surface area contributed by atoms with Gasteiger partial charge in [0.25, 0.3) is 5.69 Å². The molecule has 0 atom stereocenters. The Balaban J connectivity index is 0.000000385. The molecule has 0 radical (unpaired) electrons. The lowest BCUT2D eigenvalue weighted by atomic mass is 10.2. The van der Waals surface area contributed by atoms with Crippen molar-refractivity contribution in [2.75, 3.05) is 13.2 Å². The highest BCUT2D eigenvalue weighted by molar-refractivity contribution is 6.17. The number of nitro benzene ring substituents is 1. The van der Waals surface area contributed by atoms with E-state index in [0.29, 0.717) is 5.88 Å². The van der Waals surface area contributed by atoms with Gasteiger partial charge in [-0.15, -0.1) is 11.6 Å². The van der Waals surface area contributed by atoms with Crippen molar-refractivity contribution in [1.29, 1.82) is 0 Å². The molecule has 1 aromatic carbocycles. The Bertz CT molecular complexity index is 299. The third kappa shape index (κ3) is 6.37. The fourth-order valence-corrected chi connectivity index (χ4v) is 1.09. The highest BCUT2D eigenvalue weighted by Gasteiger charge is 2.02. The van der Waals surface area contributed by atoms with Crippen molar-refractivity contribution in [2.45, 2.75) is 19.7 Å². The molecule has 0 fully saturated rings. The van der Waals surface area contributed by atoms with Crippen LogP contribution in [0.2, 0.25) is 0 Å². The summed E-state index contributed by atoms with van der Waals surface area (Å²) in [6.45, 7) is 5.67. The molecule has 0 spiro atoms. The Hall–Kier alpha value is -1.13. The summed E-state index contributed by atoms with van der Waals surface area (Å²) in [6.07, 6.45) is 0. The molecule has 0 bridgehead atoms. The molecule has 0 aromatic heterocycles. The summed E-state index contributed by atoms with van der Waals surface area (Å²) >= 11 is 5.49. The average molecular weight is 246 g/mol. The highest BCUT2D eigenvalue weighted by atomic mass is 35.5. The maximum atomic E-state index is 10.2. The minimum Gasteiger partial charge on any atom is -0.382 e. The normalized spacial score (nSPS) is 9.19. The fourth-order valence-electron chi connectivity index (χ4n) is 0.911. The van der Waals surface area contributed by atoms with Gasteiger partial charge in [0.05, 0.1) is 4.92 Å². The molecule has 0 aliphatic heterocycles. The third-order valence-electron chi connectivity index (χ3n) is 1.71. The van der Waals surface area contributed by atoms with Crippen molar-refractivity contribution in [3.05, 3.63) is 39.9 Å². The van der Waals surface area contributed by atoms with Gasteiger partial charge in [-0.25, -0.2) is 0 Å². The molecule has 0 heterocycles. The van der Waals surface area contributed by atoms with Crippen LogP contribution in [0, 0.1) is 10.1 Å². The van der Waals surface area contributed by atoms with E-state index in [0.717, 1.165) is 18.8 Å². The lowest BCUT2D eigenvalue weighted by Gasteiger charge is -1.92. The largest absolute Gasteiger partial charge is 0.382 e. The van der Waals surface area contributed by atoms with Crippen molar-refractivity contribution >= 4 is 17.3 Å². The van der Waals surface area contributed by atoms with E-state index in [9.17, 15) is 10.1 Å². The van der Waals surface area contributed by atoms with E-state index in [1.54, 1.807) is 12.1 Å². The first-order valence-electron chi connectivity index (χ1n) is 5.02. The topological polar surface area (TPSA) is 52.4 Å². The Morgan fingerprint density at radius 3 is 2.00 bits per heavy atom. The van der Waals surface area contributed by atoms with Gasteiger partial charge in [-0.2, -0.15) is 0 Å². The number of ether oxygens (including phenoxy) is 1. The minimum atomic E-state index is -0.433. The molecule has 0 N–H and O–H groups in total. The summed E-state index contributed by atoms with van der Waals surface area (Å²) in [6, 6.07) is 6.17. The summed E-state index contributed by atoms with van der Waals surface area (Å²) in [5, 5.41) is 10.2. The first kappa shape index (κ1) is 14.9. The van der Waals surface area contributed by atoms with Gasteiger partial charge in [0.1, 0.15) is 0 Å². The van der Waals surface area contributed by atoms with Crippen LogP contribution in [0.4, 0.5) is 5.69 Å². The monoisotopic (exact) mass is 245 g/mol. The zero-order chi connectivity index (χ0) is 12.4. The summed E-state index contributed by atoms with van der Waals surface area (Å²) in [7, 11) is 0. The molecule has 16 heavy (non-hydrogen) atoms. The number of halogens is 1. The lowest BCUT2D eigenvalue weighted by Crippen LogP contribution is -1.87. The number of hydrogen-bond acceptors (Lipinski definition) is 3. The standard InChI is InChI=1S/C7H6ClNO2.C4H10O/c8-5-6-1-3-7(4-2-6)9(10)11;1-3-5-4-2/h1-4H,5H2;3-4H2,1-2H3. The van der Waals surface area contributed by atoms with E-state index in [-0.39, 0.29) is 5.69 Å². The molecule has 0 unspecified atom stereocenters. The molecule has 0 saturated carbocycles. The van der Waals surface area contributed by atoms with E-state index in [1.165, 1.54) is 12.1 Å². The van der Waals surface area contributed by atoms with Crippen LogP contribution >= 0.6 is 11.6 Å². The molecular weight excluding hydrogens is 230 g/mol. The van der Waals surface area contributed by atoms with Crippen LogP contribution in [-0.4, -0.2) is 18.1 Å². The molecule has 90 valence electrons. The van der Waals surface area contributed by atoms with Crippen LogP contribution in [0.3, 0.4) is 0 Å². The Labute approximate surface area is 100 Å². The van der Waals surface area contributed by atoms with Crippen molar-refractivity contribution in [3.63, 3.8) is 0 Å². The molecular formula is C11H16ClNO3. The van der Waals surface area contributed by atoms with Gasteiger partial charge in [-0.05, 0) is 19.4 Å². The molecule has 4 nitrogen and oxygen atoms in total. The summed E-state index contributed by atoms with van der Waals surface area (Å²) in [5.74, 6) is 0.387. The van der Waals surface area contributed by atoms with Crippen molar-refractivity contribution in [3.8, 4) is 0 Å². The van der Waals surface area contributed by atoms with E-state index >= 15 is 0 Å². The van der Waals surface area contributed by atoms with Gasteiger partial charge in [0, 0.05) is 31.2 Å². The van der Waals surface area contributed by atoms with Gasteiger partial charge < -0.3 is 4.74 Å². The molecule has 1 aromatic rings. The van der Waals surface area contributed by atoms with Gasteiger partial charge >= 0.3 is 0 Å². The molecule has 0 aliphatic rings. The number of hydrogen-bond donors (Lipinski definition) is 0. The molecule has 0 saturated heterocycles. The van der Waals surface area contributed by atoms with E-state index in [2.05, 4.69) is 0 Å². The molecule has 0 amide bonds. The lowest BCUT2D eigenvalue weighted by molar-refractivity contribution is -0.384. The van der Waals surface area contributed by atoms with Crippen molar-refractivity contribution in [1.82, 2.24) is 0 Å². The van der Waals surface area contributed by atoms with Crippen LogP contribution in [-0.2, 0) is 10.6 Å². The van der Waals surface area contributed by atoms with Crippen LogP contribution in [0.15, 0.2) is 24.3 Å². The number of nitrogens with zero attached hydrogens (tertiary/aromatic N) is 1. The Kier molecular flexibility index (Phi) is 8.48. The van der Waals surface area contributed by atoms with Crippen LogP contribution < -0.4 is 0 Å². The van der Waals surface area contributed by atoms with E-state index in [1.807, 2.05) is 13.8 Å². The van der Waals surface area contributed by atoms with Crippen molar-refractivity contribution < 1.29 is 9.66 Å². The first-order chi connectivity index (χ1) is 7.65. The summed E-state index contributed by atoms with van der Waals surface area (Å²) in [5.41, 5.74) is 0.983. The van der Waals surface area contributed by atoms with Gasteiger partial charge in [0.2, 0.25) is 0 Å². The number of non-ortho nitro benzene ring substituents is 1. The van der Waals surface area contributed by atoms with Crippen molar-refractivity contribution in [2.24, 2.45) is 0 Å². The van der Waals surface area contributed by atoms with Gasteiger partial charge in [-0.1, -0.05) is 12.1 Å². The number of alkyl halides is 1. The van der Waals surface area contributed by atoms with Crippen LogP contribution in [0.1, 0.15) is 19.4 Å². The van der Waals surface area contributed by atoms with E-state index in [4.69, 9.17) is 16.3 Å². The predicted molar refractivity (Wildman–Crippen MR) is 64.8 cm³/mol. The molecule has 5 heteroatoms. The molecule has 0 aliphatic carbocycles. The minimum absolute atomic E-state index is 0.0962. The fraction of sp³-hybridized carbons (Fsp3) is 0.455. The zero-order valence-corrected chi connectivity index (χ0v) is 10.2.